The summed E-state index contributed by atoms with van der Waals surface area (Å²) in [6.45, 7) is -0.585. The number of nitrogens with zero attached hydrogens (tertiary/aromatic N) is 3. The maximum atomic E-state index is 11.6. The van der Waals surface area contributed by atoms with Gasteiger partial charge in [0.15, 0.2) is 6.23 Å². The molecule has 2 rings (SSSR count). The molecule has 0 amide bonds. The summed E-state index contributed by atoms with van der Waals surface area (Å²) in [5.74, 6) is 1.85. The molecule has 1 aromatic rings. The third kappa shape index (κ3) is 1.96. The molecule has 9 nitrogen and oxygen atoms in total. The Labute approximate surface area is 107 Å². The van der Waals surface area contributed by atoms with Crippen LogP contribution in [0.5, 0.6) is 0 Å². The largest absolute Gasteiger partial charge is 0.394 e. The van der Waals surface area contributed by atoms with Gasteiger partial charge in [-0.15, -0.1) is 6.42 Å². The molecule has 102 valence electrons. The SMILES string of the molecule is C#CC1(O)C(n2ncc(N)nc2=O)OC(CO)[C@@H]1O. The Hall–Kier alpha value is -1.99. The number of nitrogen functional groups attached to an aromatic ring is 1. The van der Waals surface area contributed by atoms with Crippen molar-refractivity contribution in [1.29, 1.82) is 0 Å². The number of aliphatic hydroxyl groups excluding tert-OH is 2. The Morgan fingerprint density at radius 2 is 2.37 bits per heavy atom. The van der Waals surface area contributed by atoms with E-state index in [-0.39, 0.29) is 5.82 Å². The average Bonchev–Trinajstić information content (AvgIpc) is 2.63. The summed E-state index contributed by atoms with van der Waals surface area (Å²) in [7, 11) is 0. The van der Waals surface area contributed by atoms with Gasteiger partial charge in [0, 0.05) is 0 Å². The predicted molar refractivity (Wildman–Crippen MR) is 61.5 cm³/mol. The molecule has 0 radical (unpaired) electrons. The van der Waals surface area contributed by atoms with Crippen LogP contribution in [0.4, 0.5) is 5.82 Å². The molecule has 0 bridgehead atoms. The van der Waals surface area contributed by atoms with Crippen LogP contribution in [0.1, 0.15) is 6.23 Å². The number of aromatic nitrogens is 3. The molecule has 3 unspecified atom stereocenters. The monoisotopic (exact) mass is 268 g/mol. The Morgan fingerprint density at radius 1 is 1.68 bits per heavy atom. The van der Waals surface area contributed by atoms with Crippen molar-refractivity contribution in [3.05, 3.63) is 16.7 Å². The van der Waals surface area contributed by atoms with E-state index in [1.165, 1.54) is 0 Å². The van der Waals surface area contributed by atoms with E-state index >= 15 is 0 Å². The number of terminal acetylenes is 1. The predicted octanol–water partition coefficient (Wildman–Crippen LogP) is -3.16. The molecule has 1 aliphatic rings. The summed E-state index contributed by atoms with van der Waals surface area (Å²) >= 11 is 0. The molecule has 19 heavy (non-hydrogen) atoms. The van der Waals surface area contributed by atoms with Gasteiger partial charge in [0.05, 0.1) is 12.8 Å². The molecule has 4 atom stereocenters. The number of nitrogens with two attached hydrogens (primary N) is 1. The first-order valence-electron chi connectivity index (χ1n) is 5.30. The molecule has 1 fully saturated rings. The van der Waals surface area contributed by atoms with Crippen LogP contribution in [-0.4, -0.2) is 54.5 Å². The van der Waals surface area contributed by atoms with Gasteiger partial charge in [-0.1, -0.05) is 5.92 Å². The van der Waals surface area contributed by atoms with Gasteiger partial charge in [-0.2, -0.15) is 14.8 Å². The van der Waals surface area contributed by atoms with Gasteiger partial charge >= 0.3 is 5.69 Å². The van der Waals surface area contributed by atoms with Crippen molar-refractivity contribution in [3.8, 4) is 12.3 Å². The fourth-order valence-electron chi connectivity index (χ4n) is 1.84. The van der Waals surface area contributed by atoms with Crippen LogP contribution >= 0.6 is 0 Å². The number of rotatable bonds is 2. The minimum absolute atomic E-state index is 0.109. The van der Waals surface area contributed by atoms with E-state index in [0.717, 1.165) is 6.20 Å². The van der Waals surface area contributed by atoms with Crippen molar-refractivity contribution in [2.45, 2.75) is 24.0 Å². The van der Waals surface area contributed by atoms with E-state index in [1.807, 2.05) is 5.92 Å². The van der Waals surface area contributed by atoms with Gasteiger partial charge < -0.3 is 25.8 Å². The van der Waals surface area contributed by atoms with Gasteiger partial charge in [0.1, 0.15) is 18.0 Å². The highest BCUT2D eigenvalue weighted by Gasteiger charge is 2.56. The van der Waals surface area contributed by atoms with Crippen LogP contribution in [0, 0.1) is 12.3 Å². The van der Waals surface area contributed by atoms with E-state index in [1.54, 1.807) is 0 Å². The molecule has 9 heteroatoms. The second kappa shape index (κ2) is 4.60. The van der Waals surface area contributed by atoms with Crippen LogP contribution in [0.15, 0.2) is 11.0 Å². The molecular formula is C10H12N4O5. The van der Waals surface area contributed by atoms with Gasteiger partial charge in [0.2, 0.25) is 5.60 Å². The fourth-order valence-corrected chi connectivity index (χ4v) is 1.84. The molecule has 0 aliphatic carbocycles. The van der Waals surface area contributed by atoms with E-state index in [4.69, 9.17) is 22.0 Å². The Morgan fingerprint density at radius 3 is 2.89 bits per heavy atom. The average molecular weight is 268 g/mol. The topological polar surface area (TPSA) is 144 Å². The summed E-state index contributed by atoms with van der Waals surface area (Å²) < 4.78 is 5.83. The van der Waals surface area contributed by atoms with Crippen LogP contribution in [0.25, 0.3) is 0 Å². The normalized spacial score (nSPS) is 34.1. The second-order valence-electron chi connectivity index (χ2n) is 4.03. The third-order valence-electron chi connectivity index (χ3n) is 2.85. The lowest BCUT2D eigenvalue weighted by Crippen LogP contribution is -2.48. The zero-order valence-electron chi connectivity index (χ0n) is 9.67. The highest BCUT2D eigenvalue weighted by Crippen LogP contribution is 2.36. The zero-order chi connectivity index (χ0) is 14.2. The van der Waals surface area contributed by atoms with Crippen molar-refractivity contribution in [1.82, 2.24) is 14.8 Å². The van der Waals surface area contributed by atoms with Gasteiger partial charge in [-0.05, 0) is 0 Å². The molecule has 2 heterocycles. The van der Waals surface area contributed by atoms with Gasteiger partial charge in [0.25, 0.3) is 0 Å². The first-order chi connectivity index (χ1) is 8.93. The van der Waals surface area contributed by atoms with Crippen LogP contribution < -0.4 is 11.4 Å². The highest BCUT2D eigenvalue weighted by molar-refractivity contribution is 5.21. The molecule has 5 N–H and O–H groups in total. The second-order valence-corrected chi connectivity index (χ2v) is 4.03. The molecule has 1 saturated heterocycles. The number of aliphatic hydroxyl groups is 3. The summed E-state index contributed by atoms with van der Waals surface area (Å²) in [5, 5.41) is 32.7. The fraction of sp³-hybridized carbons (Fsp3) is 0.500. The first-order valence-corrected chi connectivity index (χ1v) is 5.30. The van der Waals surface area contributed by atoms with Crippen LogP contribution in [-0.2, 0) is 4.74 Å². The van der Waals surface area contributed by atoms with Crippen LogP contribution in [0.2, 0.25) is 0 Å². The summed E-state index contributed by atoms with van der Waals surface area (Å²) in [6, 6.07) is 0. The highest BCUT2D eigenvalue weighted by atomic mass is 16.6. The third-order valence-corrected chi connectivity index (χ3v) is 2.85. The maximum Gasteiger partial charge on any atom is 0.368 e. The molecule has 0 aromatic carbocycles. The maximum absolute atomic E-state index is 11.6. The summed E-state index contributed by atoms with van der Waals surface area (Å²) in [4.78, 5) is 15.1. The molecule has 0 saturated carbocycles. The van der Waals surface area contributed by atoms with Crippen molar-refractivity contribution in [2.24, 2.45) is 0 Å². The first kappa shape index (κ1) is 13.4. The lowest BCUT2D eigenvalue weighted by Gasteiger charge is -2.25. The molecule has 1 aliphatic heterocycles. The summed E-state index contributed by atoms with van der Waals surface area (Å²) in [6.07, 6.45) is 2.06. The van der Waals surface area contributed by atoms with Crippen molar-refractivity contribution in [2.75, 3.05) is 12.3 Å². The zero-order valence-corrected chi connectivity index (χ0v) is 9.67. The van der Waals surface area contributed by atoms with Gasteiger partial charge in [-0.25, -0.2) is 4.79 Å². The lowest BCUT2D eigenvalue weighted by atomic mass is 9.95. The smallest absolute Gasteiger partial charge is 0.368 e. The number of anilines is 1. The molecular weight excluding hydrogens is 256 g/mol. The van der Waals surface area contributed by atoms with Gasteiger partial charge in [-0.3, -0.25) is 0 Å². The summed E-state index contributed by atoms with van der Waals surface area (Å²) in [5.41, 5.74) is 2.18. The van der Waals surface area contributed by atoms with E-state index < -0.39 is 36.3 Å². The van der Waals surface area contributed by atoms with Crippen molar-refractivity contribution in [3.63, 3.8) is 0 Å². The molecule has 1 aromatic heterocycles. The van der Waals surface area contributed by atoms with Crippen molar-refractivity contribution < 1.29 is 20.1 Å². The van der Waals surface area contributed by atoms with E-state index in [2.05, 4.69) is 10.1 Å². The number of ether oxygens (including phenoxy) is 1. The van der Waals surface area contributed by atoms with E-state index in [0.29, 0.717) is 4.68 Å². The lowest BCUT2D eigenvalue weighted by molar-refractivity contribution is -0.0835. The minimum Gasteiger partial charge on any atom is -0.394 e. The Bertz CT molecular complexity index is 582. The Balaban J connectivity index is 2.49. The van der Waals surface area contributed by atoms with Crippen molar-refractivity contribution >= 4 is 5.82 Å². The minimum atomic E-state index is -2.21. The molecule has 0 spiro atoms. The van der Waals surface area contributed by atoms with E-state index in [9.17, 15) is 15.0 Å². The number of hydrogen-bond acceptors (Lipinski definition) is 8. The standard InChI is InChI=1S/C10H12N4O5/c1-2-10(18)7(16)5(4-15)19-8(10)14-9(17)13-6(11)3-12-14/h1,3,5,7-8,15-16,18H,4H2,(H2,11,13,17)/t5?,7-,8?,10?/m0/s1. The van der Waals surface area contributed by atoms with Crippen LogP contribution in [0.3, 0.4) is 0 Å². The Kier molecular flexibility index (Phi) is 3.25. The quantitative estimate of drug-likeness (QED) is 0.411. The number of hydrogen-bond donors (Lipinski definition) is 4.